The van der Waals surface area contributed by atoms with Crippen molar-refractivity contribution in [2.24, 2.45) is 5.92 Å². The summed E-state index contributed by atoms with van der Waals surface area (Å²) < 4.78 is 6.77. The molecule has 1 aliphatic rings. The lowest BCUT2D eigenvalue weighted by atomic mass is 10.1. The molecular weight excluding hydrogens is 378 g/mol. The van der Waals surface area contributed by atoms with Crippen molar-refractivity contribution in [1.82, 2.24) is 14.3 Å². The molecule has 0 bridgehead atoms. The van der Waals surface area contributed by atoms with Gasteiger partial charge in [0, 0.05) is 37.2 Å². The molecule has 2 aromatic heterocycles. The molecule has 0 N–H and O–H groups in total. The quantitative estimate of drug-likeness (QED) is 0.594. The number of amides is 1. The summed E-state index contributed by atoms with van der Waals surface area (Å²) in [7, 11) is 0. The molecular formula is C20H19N3O4S. The number of carbonyl (C=O) groups is 2. The summed E-state index contributed by atoms with van der Waals surface area (Å²) in [5.74, 6) is -0.937. The molecule has 3 aromatic rings. The maximum absolute atomic E-state index is 12.4. The third-order valence-electron chi connectivity index (χ3n) is 4.78. The van der Waals surface area contributed by atoms with Crippen molar-refractivity contribution in [3.63, 3.8) is 0 Å². The fourth-order valence-corrected chi connectivity index (χ4v) is 4.02. The fraction of sp³-hybridized carbons (Fsp3) is 0.300. The lowest BCUT2D eigenvalue weighted by Crippen LogP contribution is -2.29. The maximum atomic E-state index is 12.4. The molecule has 3 heterocycles. The van der Waals surface area contributed by atoms with Crippen LogP contribution < -0.4 is 5.56 Å². The molecule has 28 heavy (non-hydrogen) atoms. The number of esters is 1. The molecule has 0 radical (unpaired) electrons. The van der Waals surface area contributed by atoms with E-state index in [0.29, 0.717) is 23.7 Å². The van der Waals surface area contributed by atoms with Crippen LogP contribution in [0.2, 0.25) is 0 Å². The Morgan fingerprint density at radius 2 is 2.07 bits per heavy atom. The highest BCUT2D eigenvalue weighted by Crippen LogP contribution is 2.20. The topological polar surface area (TPSA) is 81.0 Å². The van der Waals surface area contributed by atoms with Crippen LogP contribution >= 0.6 is 11.3 Å². The van der Waals surface area contributed by atoms with E-state index in [1.807, 2.05) is 30.3 Å². The molecule has 0 saturated carbocycles. The molecule has 0 aliphatic carbocycles. The van der Waals surface area contributed by atoms with Crippen LogP contribution in [0.1, 0.15) is 17.7 Å². The predicted molar refractivity (Wildman–Crippen MR) is 104 cm³/mol. The monoisotopic (exact) mass is 397 g/mol. The number of carbonyl (C=O) groups excluding carboxylic acids is 2. The SMILES string of the molecule is O=C(OCc1cc(=O)n2ccsc2n1)[C@@H]1CC(=O)N(CCc2ccccc2)C1. The Labute approximate surface area is 165 Å². The van der Waals surface area contributed by atoms with E-state index in [9.17, 15) is 14.4 Å². The van der Waals surface area contributed by atoms with Gasteiger partial charge in [-0.15, -0.1) is 11.3 Å². The molecule has 0 unspecified atom stereocenters. The first-order valence-corrected chi connectivity index (χ1v) is 9.92. The van der Waals surface area contributed by atoms with Gasteiger partial charge in [0.15, 0.2) is 4.96 Å². The van der Waals surface area contributed by atoms with Crippen LogP contribution in [0, 0.1) is 5.92 Å². The zero-order valence-corrected chi connectivity index (χ0v) is 15.9. The number of likely N-dealkylation sites (tertiary alicyclic amines) is 1. The molecule has 0 spiro atoms. The van der Waals surface area contributed by atoms with Crippen LogP contribution in [0.5, 0.6) is 0 Å². The minimum absolute atomic E-state index is 0.0331. The van der Waals surface area contributed by atoms with Crippen LogP contribution in [0.15, 0.2) is 52.8 Å². The van der Waals surface area contributed by atoms with Crippen molar-refractivity contribution in [2.45, 2.75) is 19.4 Å². The van der Waals surface area contributed by atoms with Crippen LogP contribution in [-0.2, 0) is 27.4 Å². The number of ether oxygens (including phenoxy) is 1. The van der Waals surface area contributed by atoms with Gasteiger partial charge in [-0.3, -0.25) is 18.8 Å². The highest BCUT2D eigenvalue weighted by atomic mass is 32.1. The van der Waals surface area contributed by atoms with Gasteiger partial charge < -0.3 is 9.64 Å². The largest absolute Gasteiger partial charge is 0.459 e. The van der Waals surface area contributed by atoms with Gasteiger partial charge in [0.2, 0.25) is 5.91 Å². The number of hydrogen-bond acceptors (Lipinski definition) is 6. The summed E-state index contributed by atoms with van der Waals surface area (Å²) in [5, 5.41) is 1.77. The Bertz CT molecular complexity index is 1060. The van der Waals surface area contributed by atoms with Crippen molar-refractivity contribution in [1.29, 1.82) is 0 Å². The molecule has 1 saturated heterocycles. The van der Waals surface area contributed by atoms with E-state index in [1.54, 1.807) is 16.5 Å². The van der Waals surface area contributed by atoms with Gasteiger partial charge in [-0.25, -0.2) is 4.98 Å². The lowest BCUT2D eigenvalue weighted by Gasteiger charge is -2.16. The molecule has 7 nitrogen and oxygen atoms in total. The highest BCUT2D eigenvalue weighted by Gasteiger charge is 2.35. The summed E-state index contributed by atoms with van der Waals surface area (Å²) in [5.41, 5.74) is 1.36. The van der Waals surface area contributed by atoms with Crippen molar-refractivity contribution >= 4 is 28.2 Å². The number of hydrogen-bond donors (Lipinski definition) is 0. The zero-order valence-electron chi connectivity index (χ0n) is 15.1. The third-order valence-corrected chi connectivity index (χ3v) is 5.54. The minimum Gasteiger partial charge on any atom is -0.459 e. The summed E-state index contributed by atoms with van der Waals surface area (Å²) in [6, 6.07) is 11.3. The van der Waals surface area contributed by atoms with Crippen molar-refractivity contribution in [3.05, 3.63) is 69.6 Å². The summed E-state index contributed by atoms with van der Waals surface area (Å²) in [4.78, 5) is 43.1. The first-order chi connectivity index (χ1) is 13.6. The third kappa shape index (κ3) is 3.96. The molecule has 8 heteroatoms. The Kier molecular flexibility index (Phi) is 5.21. The van der Waals surface area contributed by atoms with Crippen LogP contribution in [0.25, 0.3) is 4.96 Å². The van der Waals surface area contributed by atoms with E-state index in [4.69, 9.17) is 4.74 Å². The van der Waals surface area contributed by atoms with E-state index in [0.717, 1.165) is 12.0 Å². The van der Waals surface area contributed by atoms with Gasteiger partial charge in [-0.2, -0.15) is 0 Å². The van der Waals surface area contributed by atoms with Gasteiger partial charge in [0.05, 0.1) is 11.6 Å². The second kappa shape index (κ2) is 7.93. The van der Waals surface area contributed by atoms with Gasteiger partial charge in [-0.05, 0) is 12.0 Å². The Hall–Kier alpha value is -3.00. The maximum Gasteiger partial charge on any atom is 0.311 e. The molecule has 1 amide bonds. The number of thiazole rings is 1. The summed E-state index contributed by atoms with van der Waals surface area (Å²) in [6.07, 6.45) is 2.57. The number of aromatic nitrogens is 2. The Balaban J connectivity index is 1.32. The number of nitrogens with zero attached hydrogens (tertiary/aromatic N) is 3. The number of fused-ring (bicyclic) bond motifs is 1. The van der Waals surface area contributed by atoms with E-state index < -0.39 is 11.9 Å². The molecule has 1 aliphatic heterocycles. The molecule has 144 valence electrons. The second-order valence-electron chi connectivity index (χ2n) is 6.73. The lowest BCUT2D eigenvalue weighted by molar-refractivity contribution is -0.149. The summed E-state index contributed by atoms with van der Waals surface area (Å²) >= 11 is 1.34. The van der Waals surface area contributed by atoms with Crippen molar-refractivity contribution < 1.29 is 14.3 Å². The van der Waals surface area contributed by atoms with Crippen LogP contribution in [0.4, 0.5) is 0 Å². The molecule has 1 fully saturated rings. The number of benzene rings is 1. The Morgan fingerprint density at radius 1 is 1.25 bits per heavy atom. The average Bonchev–Trinajstić information content (AvgIpc) is 3.32. The van der Waals surface area contributed by atoms with Crippen LogP contribution in [-0.4, -0.2) is 39.3 Å². The van der Waals surface area contributed by atoms with Crippen molar-refractivity contribution in [2.75, 3.05) is 13.1 Å². The normalized spacial score (nSPS) is 16.6. The van der Waals surface area contributed by atoms with E-state index in [-0.39, 0.29) is 24.5 Å². The Morgan fingerprint density at radius 3 is 2.89 bits per heavy atom. The highest BCUT2D eigenvalue weighted by molar-refractivity contribution is 7.15. The minimum atomic E-state index is -0.477. The molecule has 1 aromatic carbocycles. The van der Waals surface area contributed by atoms with Gasteiger partial charge in [0.1, 0.15) is 6.61 Å². The number of rotatable bonds is 6. The molecule has 4 rings (SSSR count). The fourth-order valence-electron chi connectivity index (χ4n) is 3.28. The van der Waals surface area contributed by atoms with E-state index in [1.165, 1.54) is 21.8 Å². The van der Waals surface area contributed by atoms with Crippen LogP contribution in [0.3, 0.4) is 0 Å². The second-order valence-corrected chi connectivity index (χ2v) is 7.60. The smallest absolute Gasteiger partial charge is 0.311 e. The van der Waals surface area contributed by atoms with Gasteiger partial charge in [0.25, 0.3) is 5.56 Å². The van der Waals surface area contributed by atoms with Crippen molar-refractivity contribution in [3.8, 4) is 0 Å². The first kappa shape index (κ1) is 18.4. The summed E-state index contributed by atoms with van der Waals surface area (Å²) in [6.45, 7) is 0.877. The first-order valence-electron chi connectivity index (χ1n) is 9.04. The standard InChI is InChI=1S/C20H19N3O4S/c24-17-10-15(12-22(17)7-6-14-4-2-1-3-5-14)19(26)27-13-16-11-18(25)23-8-9-28-20(23)21-16/h1-5,8-9,11,15H,6-7,10,12-13H2/t15-/m1/s1. The van der Waals surface area contributed by atoms with Gasteiger partial charge in [-0.1, -0.05) is 30.3 Å². The predicted octanol–water partition coefficient (Wildman–Crippen LogP) is 1.89. The average molecular weight is 397 g/mol. The van der Waals surface area contributed by atoms with Gasteiger partial charge >= 0.3 is 5.97 Å². The molecule has 1 atom stereocenters. The van der Waals surface area contributed by atoms with E-state index >= 15 is 0 Å². The zero-order chi connectivity index (χ0) is 19.5. The van der Waals surface area contributed by atoms with E-state index in [2.05, 4.69) is 4.98 Å².